The van der Waals surface area contributed by atoms with Crippen LogP contribution in [0.25, 0.3) is 0 Å². The van der Waals surface area contributed by atoms with Crippen molar-refractivity contribution in [1.82, 2.24) is 0 Å². The van der Waals surface area contributed by atoms with Crippen LogP contribution in [0.3, 0.4) is 0 Å². The van der Waals surface area contributed by atoms with Crippen molar-refractivity contribution in [2.45, 2.75) is 19.8 Å². The quantitative estimate of drug-likeness (QED) is 0.302. The van der Waals surface area contributed by atoms with Gasteiger partial charge in [-0.05, 0) is 6.92 Å². The molecule has 0 radical (unpaired) electrons. The normalized spacial score (nSPS) is 9.38. The van der Waals surface area contributed by atoms with Gasteiger partial charge in [0.25, 0.3) is 0 Å². The van der Waals surface area contributed by atoms with Crippen molar-refractivity contribution < 1.29 is 93.4 Å². The molecule has 16 heavy (non-hydrogen) atoms. The van der Waals surface area contributed by atoms with Crippen molar-refractivity contribution in [3.63, 3.8) is 0 Å². The summed E-state index contributed by atoms with van der Waals surface area (Å²) < 4.78 is 36.1. The summed E-state index contributed by atoms with van der Waals surface area (Å²) in [5.74, 6) is -1.85. The Hall–Kier alpha value is 0.850. The van der Waals surface area contributed by atoms with E-state index in [0.717, 1.165) is 0 Å². The Labute approximate surface area is 141 Å². The third kappa shape index (κ3) is 14.9. The predicted molar refractivity (Wildman–Crippen MR) is 45.7 cm³/mol. The number of rotatable bonds is 5. The van der Waals surface area contributed by atoms with E-state index in [4.69, 9.17) is 4.55 Å². The van der Waals surface area contributed by atoms with E-state index in [-0.39, 0.29) is 75.0 Å². The average molecular weight is 274 g/mol. The Morgan fingerprint density at radius 1 is 1.19 bits per heavy atom. The molecule has 0 unspecified atom stereocenters. The van der Waals surface area contributed by atoms with Gasteiger partial charge in [0.15, 0.2) is 0 Å². The number of esters is 1. The molecule has 0 spiro atoms. The third-order valence-electron chi connectivity index (χ3n) is 1.04. The molecule has 0 heterocycles. The molecule has 86 valence electrons. The molecule has 7 nitrogen and oxygen atoms in total. The van der Waals surface area contributed by atoms with E-state index in [1.54, 1.807) is 6.92 Å². The Morgan fingerprint density at radius 3 is 2.00 bits per heavy atom. The zero-order valence-electron chi connectivity index (χ0n) is 11.4. The first-order valence-corrected chi connectivity index (χ1v) is 5.07. The molecule has 0 aliphatic rings. The smallest absolute Gasteiger partial charge is 1.00 e. The second kappa shape index (κ2) is 11.0. The molecule has 0 saturated carbocycles. The van der Waals surface area contributed by atoms with Crippen molar-refractivity contribution in [2.24, 2.45) is 0 Å². The van der Waals surface area contributed by atoms with Crippen LogP contribution in [0.4, 0.5) is 0 Å². The largest absolute Gasteiger partial charge is 1.00 e. The van der Waals surface area contributed by atoms with Crippen molar-refractivity contribution in [3.8, 4) is 0 Å². The van der Waals surface area contributed by atoms with Gasteiger partial charge >= 0.3 is 81.5 Å². The molecule has 0 atom stereocenters. The molecule has 0 fully saturated rings. The summed E-state index contributed by atoms with van der Waals surface area (Å²) >= 11 is 0. The van der Waals surface area contributed by atoms with Crippen molar-refractivity contribution in [1.29, 1.82) is 0 Å². The van der Waals surface area contributed by atoms with Crippen LogP contribution in [-0.4, -0.2) is 31.5 Å². The first-order valence-electron chi connectivity index (χ1n) is 3.70. The molecule has 0 saturated heterocycles. The van der Waals surface area contributed by atoms with Crippen LogP contribution in [0.15, 0.2) is 0 Å². The van der Waals surface area contributed by atoms with E-state index < -0.39 is 28.8 Å². The minimum Gasteiger partial charge on any atom is -1.00 e. The first kappa shape index (κ1) is 22.1. The van der Waals surface area contributed by atoms with Crippen LogP contribution >= 0.6 is 0 Å². The van der Waals surface area contributed by atoms with Crippen LogP contribution in [0.5, 0.6) is 0 Å². The molecule has 0 aliphatic heterocycles. The number of carbonyl (C=O) groups excluding carboxylic acids is 2. The summed E-state index contributed by atoms with van der Waals surface area (Å²) in [5, 5.41) is 0. The predicted octanol–water partition coefficient (Wildman–Crippen LogP) is -6.09. The van der Waals surface area contributed by atoms with Gasteiger partial charge in [-0.1, -0.05) is 0 Å². The molecule has 1 N–H and O–H groups in total. The fraction of sp³-hybridized carbons (Fsp3) is 0.667. The average Bonchev–Trinajstić information content (AvgIpc) is 1.98. The summed E-state index contributed by atoms with van der Waals surface area (Å²) in [4.78, 5) is 21.3. The topological polar surface area (TPSA) is 107 Å². The Morgan fingerprint density at radius 2 is 1.62 bits per heavy atom. The summed E-state index contributed by atoms with van der Waals surface area (Å²) in [5.41, 5.74) is 0. The molecule has 0 aliphatic carbocycles. The van der Waals surface area contributed by atoms with E-state index in [1.807, 2.05) is 0 Å². The van der Waals surface area contributed by atoms with Gasteiger partial charge in [-0.25, -0.2) is 0 Å². The van der Waals surface area contributed by atoms with Crippen LogP contribution in [0, 0.1) is 0 Å². The summed E-state index contributed by atoms with van der Waals surface area (Å²) in [6, 6.07) is 0. The number of ether oxygens (including phenoxy) is 1. The molecule has 0 bridgehead atoms. The third-order valence-corrected chi connectivity index (χ3v) is 1.43. The second-order valence-corrected chi connectivity index (χ2v) is 3.21. The molecule has 10 heteroatoms. The first-order chi connectivity index (χ1) is 6.35. The maximum atomic E-state index is 10.7. The van der Waals surface area contributed by atoms with Crippen molar-refractivity contribution in [3.05, 3.63) is 0 Å². The van der Waals surface area contributed by atoms with Crippen LogP contribution < -0.4 is 59.1 Å². The van der Waals surface area contributed by atoms with Gasteiger partial charge in [-0.2, -0.15) is 8.42 Å². The van der Waals surface area contributed by atoms with Gasteiger partial charge < -0.3 is 11.8 Å². The van der Waals surface area contributed by atoms with Crippen LogP contribution in [0.2, 0.25) is 0 Å². The maximum Gasteiger partial charge on any atom is 1.00 e. The van der Waals surface area contributed by atoms with Gasteiger partial charge in [-0.3, -0.25) is 14.1 Å². The van der Waals surface area contributed by atoms with E-state index in [0.29, 0.717) is 0 Å². The zero-order chi connectivity index (χ0) is 11.2. The van der Waals surface area contributed by atoms with Crippen LogP contribution in [0.1, 0.15) is 22.6 Å². The van der Waals surface area contributed by atoms with Gasteiger partial charge in [0.2, 0.25) is 0 Å². The monoisotopic (exact) mass is 274 g/mol. The molecule has 0 aromatic heterocycles. The second-order valence-electron chi connectivity index (χ2n) is 2.19. The fourth-order valence-corrected chi connectivity index (χ4v) is 0.915. The number of carbonyl (C=O) groups is 2. The zero-order valence-corrected chi connectivity index (χ0v) is 14.2. The SMILES string of the molecule is CCOC(=O)CCC(=O)OS(=O)(=O)O.[H-].[H-].[Na+].[Na+]. The Bertz CT molecular complexity index is 322. The Balaban J connectivity index is -0.000000141. The van der Waals surface area contributed by atoms with E-state index in [9.17, 15) is 18.0 Å². The summed E-state index contributed by atoms with van der Waals surface area (Å²) in [6.45, 7) is 1.76. The molecule has 0 aromatic rings. The summed E-state index contributed by atoms with van der Waals surface area (Å²) in [7, 11) is -4.79. The number of hydrogen-bond donors (Lipinski definition) is 1. The Kier molecular flexibility index (Phi) is 15.1. The standard InChI is InChI=1S/C6H10O7S.2Na.2H/c1-2-12-5(7)3-4-6(8)13-14(9,10)11;;;;/h2-4H2,1H3,(H,9,10,11);;;;/q;2*+1;2*-1. The minimum absolute atomic E-state index is 0. The molecule has 0 rings (SSSR count). The molecule has 0 amide bonds. The number of hydrogen-bond acceptors (Lipinski definition) is 6. The van der Waals surface area contributed by atoms with E-state index in [2.05, 4.69) is 8.92 Å². The molecule has 0 aromatic carbocycles. The van der Waals surface area contributed by atoms with Gasteiger partial charge in [0, 0.05) is 0 Å². The fourth-order valence-electron chi connectivity index (χ4n) is 0.596. The summed E-state index contributed by atoms with van der Waals surface area (Å²) in [6.07, 6.45) is -0.749. The van der Waals surface area contributed by atoms with Gasteiger partial charge in [0.05, 0.1) is 19.4 Å². The van der Waals surface area contributed by atoms with E-state index in [1.165, 1.54) is 0 Å². The van der Waals surface area contributed by atoms with E-state index >= 15 is 0 Å². The van der Waals surface area contributed by atoms with Crippen molar-refractivity contribution in [2.75, 3.05) is 6.61 Å². The van der Waals surface area contributed by atoms with Crippen LogP contribution in [-0.2, 0) is 28.9 Å². The van der Waals surface area contributed by atoms with Crippen molar-refractivity contribution >= 4 is 22.3 Å². The molecular weight excluding hydrogens is 262 g/mol. The van der Waals surface area contributed by atoms with Gasteiger partial charge in [-0.15, -0.1) is 0 Å². The minimum atomic E-state index is -4.79. The van der Waals surface area contributed by atoms with Gasteiger partial charge in [0.1, 0.15) is 0 Å². The molecular formula is C6H12Na2O7S. The maximum absolute atomic E-state index is 10.7.